The van der Waals surface area contributed by atoms with Gasteiger partial charge in [0.25, 0.3) is 0 Å². The molecule has 0 aliphatic carbocycles. The van der Waals surface area contributed by atoms with Crippen molar-refractivity contribution in [3.05, 3.63) is 0 Å². The van der Waals surface area contributed by atoms with Gasteiger partial charge in [0.15, 0.2) is 0 Å². The Balaban J connectivity index is 0. The summed E-state index contributed by atoms with van der Waals surface area (Å²) in [5, 5.41) is 0. The molecular formula is C6H15NaO3Si. The first-order valence-electron chi connectivity index (χ1n) is 3.60. The van der Waals surface area contributed by atoms with Crippen molar-refractivity contribution >= 4 is 38.7 Å². The summed E-state index contributed by atoms with van der Waals surface area (Å²) in [5.41, 5.74) is 0. The topological polar surface area (TPSA) is 35.5 Å². The van der Waals surface area contributed by atoms with Crippen LogP contribution in [0.25, 0.3) is 0 Å². The van der Waals surface area contributed by atoms with Gasteiger partial charge in [0.2, 0.25) is 0 Å². The minimum absolute atomic E-state index is 0. The molecule has 0 unspecified atom stereocenters. The van der Waals surface area contributed by atoms with Crippen molar-refractivity contribution in [2.45, 2.75) is 26.7 Å². The molecule has 0 spiro atoms. The summed E-state index contributed by atoms with van der Waals surface area (Å²) in [5.74, 6) is 0. The fraction of sp³-hybridized carbons (Fsp3) is 1.00. The van der Waals surface area contributed by atoms with Gasteiger partial charge in [0.1, 0.15) is 0 Å². The Bertz CT molecular complexity index is 89.8. The minimum atomic E-state index is -2.16. The predicted octanol–water partition coefficient (Wildman–Crippen LogP) is 0.607. The van der Waals surface area contributed by atoms with Crippen molar-refractivity contribution in [1.82, 2.24) is 0 Å². The Morgan fingerprint density at radius 1 is 1.09 bits per heavy atom. The van der Waals surface area contributed by atoms with Crippen LogP contribution in [-0.4, -0.2) is 51.9 Å². The van der Waals surface area contributed by atoms with Gasteiger partial charge in [-0.25, -0.2) is 0 Å². The molecule has 0 saturated heterocycles. The Hall–Kier alpha value is 0.617. The van der Waals surface area contributed by atoms with Gasteiger partial charge in [0, 0.05) is 0 Å². The van der Waals surface area contributed by atoms with E-state index in [9.17, 15) is 4.46 Å². The van der Waals surface area contributed by atoms with Crippen LogP contribution in [0, 0.1) is 0 Å². The fourth-order valence-corrected chi connectivity index (χ4v) is 1.24. The molecule has 0 aromatic heterocycles. The van der Waals surface area contributed by atoms with E-state index in [0.29, 0.717) is 13.2 Å². The van der Waals surface area contributed by atoms with E-state index in [2.05, 4.69) is 0 Å². The molecule has 0 radical (unpaired) electrons. The third kappa shape index (κ3) is 10.6. The first-order valence-corrected chi connectivity index (χ1v) is 4.83. The number of hydrogen-bond acceptors (Lipinski definition) is 3. The summed E-state index contributed by atoms with van der Waals surface area (Å²) in [7, 11) is -2.16. The average Bonchev–Trinajstić information content (AvgIpc) is 1.97. The predicted molar refractivity (Wildman–Crippen MR) is 46.1 cm³/mol. The van der Waals surface area contributed by atoms with Crippen LogP contribution in [0.1, 0.15) is 26.7 Å². The zero-order chi connectivity index (χ0) is 7.82. The van der Waals surface area contributed by atoms with Gasteiger partial charge in [-0.1, -0.05) is 13.8 Å². The van der Waals surface area contributed by atoms with E-state index in [1.807, 2.05) is 13.8 Å². The van der Waals surface area contributed by atoms with Gasteiger partial charge < -0.3 is 8.85 Å². The van der Waals surface area contributed by atoms with Crippen molar-refractivity contribution in [2.75, 3.05) is 13.2 Å². The molecule has 0 aliphatic heterocycles. The summed E-state index contributed by atoms with van der Waals surface area (Å²) in [4.78, 5) is 0. The van der Waals surface area contributed by atoms with E-state index >= 15 is 0 Å². The van der Waals surface area contributed by atoms with E-state index in [-0.39, 0.29) is 29.6 Å². The summed E-state index contributed by atoms with van der Waals surface area (Å²) < 4.78 is 20.3. The SMILES string of the molecule is CCCO[Si](=O)OCCC.[NaH]. The van der Waals surface area contributed by atoms with E-state index in [0.717, 1.165) is 12.8 Å². The molecule has 0 amide bonds. The van der Waals surface area contributed by atoms with E-state index in [4.69, 9.17) is 8.85 Å². The Morgan fingerprint density at radius 3 is 1.73 bits per heavy atom. The molecular weight excluding hydrogens is 171 g/mol. The van der Waals surface area contributed by atoms with Crippen molar-refractivity contribution in [3.63, 3.8) is 0 Å². The van der Waals surface area contributed by atoms with Crippen LogP contribution in [0.5, 0.6) is 0 Å². The van der Waals surface area contributed by atoms with Crippen LogP contribution < -0.4 is 0 Å². The Morgan fingerprint density at radius 2 is 1.45 bits per heavy atom. The summed E-state index contributed by atoms with van der Waals surface area (Å²) in [6, 6.07) is 0. The molecule has 0 atom stereocenters. The van der Waals surface area contributed by atoms with E-state index in [1.165, 1.54) is 0 Å². The fourth-order valence-electron chi connectivity index (χ4n) is 0.412. The summed E-state index contributed by atoms with van der Waals surface area (Å²) >= 11 is 0. The van der Waals surface area contributed by atoms with Crippen LogP contribution in [0.3, 0.4) is 0 Å². The van der Waals surface area contributed by atoms with Crippen LogP contribution in [-0.2, 0) is 13.3 Å². The van der Waals surface area contributed by atoms with Crippen molar-refractivity contribution < 1.29 is 13.3 Å². The normalized spacial score (nSPS) is 8.18. The number of rotatable bonds is 6. The monoisotopic (exact) mass is 186 g/mol. The van der Waals surface area contributed by atoms with E-state index < -0.39 is 9.17 Å². The quantitative estimate of drug-likeness (QED) is 0.570. The second-order valence-electron chi connectivity index (χ2n) is 1.95. The van der Waals surface area contributed by atoms with Crippen molar-refractivity contribution in [2.24, 2.45) is 0 Å². The molecule has 0 aromatic rings. The zero-order valence-corrected chi connectivity index (χ0v) is 7.55. The second-order valence-corrected chi connectivity index (χ2v) is 3.02. The van der Waals surface area contributed by atoms with Crippen LogP contribution in [0.15, 0.2) is 0 Å². The molecule has 3 nitrogen and oxygen atoms in total. The van der Waals surface area contributed by atoms with Crippen molar-refractivity contribution in [1.29, 1.82) is 0 Å². The van der Waals surface area contributed by atoms with Gasteiger partial charge in [-0.2, -0.15) is 0 Å². The van der Waals surface area contributed by atoms with Gasteiger partial charge in [0.05, 0.1) is 13.2 Å². The first-order chi connectivity index (χ1) is 4.81. The standard InChI is InChI=1S/C6H14O3Si.Na.H/c1-3-5-8-10(7)9-6-4-2;;/h3-6H2,1-2H3;;. The van der Waals surface area contributed by atoms with Gasteiger partial charge >= 0.3 is 38.7 Å². The van der Waals surface area contributed by atoms with Gasteiger partial charge in [-0.05, 0) is 12.8 Å². The van der Waals surface area contributed by atoms with Gasteiger partial charge in [-0.15, -0.1) is 0 Å². The third-order valence-corrected chi connectivity index (χ3v) is 1.73. The van der Waals surface area contributed by atoms with Crippen LogP contribution in [0.2, 0.25) is 0 Å². The van der Waals surface area contributed by atoms with Gasteiger partial charge in [-0.3, -0.25) is 4.46 Å². The molecule has 0 heterocycles. The summed E-state index contributed by atoms with van der Waals surface area (Å²) in [6.07, 6.45) is 1.76. The molecule has 0 saturated carbocycles. The Labute approximate surface area is 91.7 Å². The first kappa shape index (κ1) is 14.2. The Kier molecular flexibility index (Phi) is 13.7. The van der Waals surface area contributed by atoms with Crippen LogP contribution >= 0.6 is 0 Å². The summed E-state index contributed by atoms with van der Waals surface area (Å²) in [6.45, 7) is 4.99. The maximum atomic E-state index is 10.7. The number of hydrogen-bond donors (Lipinski definition) is 0. The molecule has 0 bridgehead atoms. The second kappa shape index (κ2) is 10.6. The molecule has 5 heteroatoms. The van der Waals surface area contributed by atoms with Crippen LogP contribution in [0.4, 0.5) is 0 Å². The third-order valence-electron chi connectivity index (χ3n) is 0.848. The average molecular weight is 186 g/mol. The molecule has 0 aromatic carbocycles. The van der Waals surface area contributed by atoms with E-state index in [1.54, 1.807) is 0 Å². The van der Waals surface area contributed by atoms with Crippen molar-refractivity contribution in [3.8, 4) is 0 Å². The molecule has 0 aliphatic rings. The zero-order valence-electron chi connectivity index (χ0n) is 6.55. The molecule has 0 fully saturated rings. The maximum absolute atomic E-state index is 10.7. The molecule has 0 rings (SSSR count). The molecule has 62 valence electrons. The molecule has 0 N–H and O–H groups in total. The molecule has 11 heavy (non-hydrogen) atoms.